The van der Waals surface area contributed by atoms with Crippen LogP contribution in [0, 0.1) is 5.82 Å². The molecule has 0 aliphatic heterocycles. The average Bonchev–Trinajstić information content (AvgIpc) is 2.30. The second kappa shape index (κ2) is 4.94. The summed E-state index contributed by atoms with van der Waals surface area (Å²) in [5.74, 6) is -0.184. The Morgan fingerprint density at radius 1 is 1.18 bits per heavy atom. The topological polar surface area (TPSA) is 35.2 Å². The number of anilines is 1. The molecule has 2 N–H and O–H groups in total. The summed E-state index contributed by atoms with van der Waals surface area (Å²) in [5.41, 5.74) is 6.15. The van der Waals surface area contributed by atoms with Gasteiger partial charge in [0, 0.05) is 4.47 Å². The molecule has 0 radical (unpaired) electrons. The molecule has 0 aliphatic carbocycles. The van der Waals surface area contributed by atoms with Crippen molar-refractivity contribution in [2.24, 2.45) is 0 Å². The summed E-state index contributed by atoms with van der Waals surface area (Å²) in [6.45, 7) is 0. The Morgan fingerprint density at radius 3 is 2.71 bits per heavy atom. The van der Waals surface area contributed by atoms with E-state index in [9.17, 15) is 4.39 Å². The number of halogens is 3. The summed E-state index contributed by atoms with van der Waals surface area (Å²) in [5, 5.41) is 0.0102. The number of ether oxygens (including phenoxy) is 1. The van der Waals surface area contributed by atoms with E-state index in [4.69, 9.17) is 22.1 Å². The highest BCUT2D eigenvalue weighted by Gasteiger charge is 2.10. The number of hydrogen-bond acceptors (Lipinski definition) is 2. The lowest BCUT2D eigenvalue weighted by atomic mass is 10.3. The summed E-state index contributed by atoms with van der Waals surface area (Å²) in [4.78, 5) is 0. The van der Waals surface area contributed by atoms with Gasteiger partial charge in [-0.2, -0.15) is 0 Å². The van der Waals surface area contributed by atoms with Gasteiger partial charge in [0.05, 0.1) is 10.7 Å². The van der Waals surface area contributed by atoms with Crippen LogP contribution in [0.2, 0.25) is 5.02 Å². The van der Waals surface area contributed by atoms with Crippen molar-refractivity contribution < 1.29 is 9.13 Å². The van der Waals surface area contributed by atoms with E-state index < -0.39 is 5.82 Å². The molecular weight excluding hydrogens is 308 g/mol. The zero-order chi connectivity index (χ0) is 12.4. The van der Waals surface area contributed by atoms with Crippen LogP contribution < -0.4 is 10.5 Å². The van der Waals surface area contributed by atoms with Gasteiger partial charge in [0.2, 0.25) is 0 Å². The van der Waals surface area contributed by atoms with Crippen molar-refractivity contribution in [2.75, 3.05) is 5.73 Å². The molecule has 17 heavy (non-hydrogen) atoms. The van der Waals surface area contributed by atoms with E-state index >= 15 is 0 Å². The molecule has 5 heteroatoms. The second-order valence-electron chi connectivity index (χ2n) is 3.34. The Morgan fingerprint density at radius 2 is 1.94 bits per heavy atom. The van der Waals surface area contributed by atoms with Crippen molar-refractivity contribution in [1.82, 2.24) is 0 Å². The van der Waals surface area contributed by atoms with Crippen molar-refractivity contribution in [2.45, 2.75) is 0 Å². The van der Waals surface area contributed by atoms with Gasteiger partial charge < -0.3 is 10.5 Å². The molecular formula is C12H8BrClFNO. The third-order valence-electron chi connectivity index (χ3n) is 2.11. The molecule has 0 fully saturated rings. The maximum absolute atomic E-state index is 13.6. The molecule has 2 aromatic rings. The van der Waals surface area contributed by atoms with Gasteiger partial charge in [-0.25, -0.2) is 4.39 Å². The SMILES string of the molecule is Nc1ccc(Br)cc1Oc1cccc(Cl)c1F. The normalized spacial score (nSPS) is 10.3. The van der Waals surface area contributed by atoms with Gasteiger partial charge in [-0.15, -0.1) is 0 Å². The summed E-state index contributed by atoms with van der Waals surface area (Å²) >= 11 is 8.94. The van der Waals surface area contributed by atoms with Crippen LogP contribution in [0.25, 0.3) is 0 Å². The fourth-order valence-corrected chi connectivity index (χ4v) is 1.78. The highest BCUT2D eigenvalue weighted by atomic mass is 79.9. The van der Waals surface area contributed by atoms with Crippen LogP contribution in [-0.4, -0.2) is 0 Å². The van der Waals surface area contributed by atoms with E-state index in [2.05, 4.69) is 15.9 Å². The van der Waals surface area contributed by atoms with Crippen molar-refractivity contribution >= 4 is 33.2 Å². The molecule has 2 aromatic carbocycles. The predicted molar refractivity (Wildman–Crippen MR) is 70.0 cm³/mol. The first-order chi connectivity index (χ1) is 8.08. The van der Waals surface area contributed by atoms with Crippen LogP contribution in [0.1, 0.15) is 0 Å². The minimum absolute atomic E-state index is 0.0102. The quantitative estimate of drug-likeness (QED) is 0.821. The summed E-state index contributed by atoms with van der Waals surface area (Å²) < 4.78 is 19.8. The Bertz CT molecular complexity index is 562. The lowest BCUT2D eigenvalue weighted by Gasteiger charge is -2.10. The zero-order valence-corrected chi connectivity index (χ0v) is 10.9. The fourth-order valence-electron chi connectivity index (χ4n) is 1.28. The highest BCUT2D eigenvalue weighted by Crippen LogP contribution is 2.33. The van der Waals surface area contributed by atoms with Gasteiger partial charge in [-0.3, -0.25) is 0 Å². The largest absolute Gasteiger partial charge is 0.452 e. The van der Waals surface area contributed by atoms with E-state index in [-0.39, 0.29) is 10.8 Å². The Kier molecular flexibility index (Phi) is 3.54. The maximum Gasteiger partial charge on any atom is 0.184 e. The van der Waals surface area contributed by atoms with Crippen LogP contribution in [0.3, 0.4) is 0 Å². The van der Waals surface area contributed by atoms with Crippen LogP contribution in [0.5, 0.6) is 11.5 Å². The first kappa shape index (κ1) is 12.2. The van der Waals surface area contributed by atoms with Crippen LogP contribution >= 0.6 is 27.5 Å². The minimum atomic E-state index is -0.603. The van der Waals surface area contributed by atoms with Crippen molar-refractivity contribution in [3.8, 4) is 11.5 Å². The monoisotopic (exact) mass is 315 g/mol. The molecule has 0 unspecified atom stereocenters. The van der Waals surface area contributed by atoms with Crippen molar-refractivity contribution in [3.05, 3.63) is 51.7 Å². The highest BCUT2D eigenvalue weighted by molar-refractivity contribution is 9.10. The van der Waals surface area contributed by atoms with Crippen LogP contribution in [-0.2, 0) is 0 Å². The van der Waals surface area contributed by atoms with Gasteiger partial charge in [0.15, 0.2) is 17.3 Å². The molecule has 0 atom stereocenters. The van der Waals surface area contributed by atoms with E-state index in [0.29, 0.717) is 11.4 Å². The van der Waals surface area contributed by atoms with Gasteiger partial charge in [0.1, 0.15) is 0 Å². The molecule has 88 valence electrons. The molecule has 0 saturated carbocycles. The number of hydrogen-bond donors (Lipinski definition) is 1. The van der Waals surface area contributed by atoms with Crippen molar-refractivity contribution in [1.29, 1.82) is 0 Å². The predicted octanol–water partition coefficient (Wildman–Crippen LogP) is 4.62. The molecule has 0 amide bonds. The molecule has 0 aliphatic rings. The Hall–Kier alpha value is -1.26. The molecule has 2 rings (SSSR count). The first-order valence-corrected chi connectivity index (χ1v) is 5.92. The summed E-state index contributed by atoms with van der Waals surface area (Å²) in [6, 6.07) is 9.65. The Labute approximate surface area is 111 Å². The molecule has 0 aromatic heterocycles. The van der Waals surface area contributed by atoms with Gasteiger partial charge in [0.25, 0.3) is 0 Å². The standard InChI is InChI=1S/C12H8BrClFNO/c13-7-4-5-9(16)11(6-7)17-10-3-1-2-8(14)12(10)15/h1-6H,16H2. The van der Waals surface area contributed by atoms with Crippen LogP contribution in [0.15, 0.2) is 40.9 Å². The first-order valence-electron chi connectivity index (χ1n) is 4.75. The molecule has 0 saturated heterocycles. The van der Waals surface area contributed by atoms with Gasteiger partial charge in [-0.05, 0) is 30.3 Å². The third-order valence-corrected chi connectivity index (χ3v) is 2.90. The number of nitrogens with two attached hydrogens (primary N) is 1. The second-order valence-corrected chi connectivity index (χ2v) is 4.66. The lowest BCUT2D eigenvalue weighted by Crippen LogP contribution is -1.94. The van der Waals surface area contributed by atoms with Crippen LogP contribution in [0.4, 0.5) is 10.1 Å². The smallest absolute Gasteiger partial charge is 0.184 e. The average molecular weight is 317 g/mol. The van der Waals surface area contributed by atoms with E-state index in [0.717, 1.165) is 4.47 Å². The van der Waals surface area contributed by atoms with E-state index in [1.54, 1.807) is 24.3 Å². The molecule has 0 bridgehead atoms. The molecule has 0 spiro atoms. The van der Waals surface area contributed by atoms with Gasteiger partial charge in [-0.1, -0.05) is 33.6 Å². The summed E-state index contributed by atoms with van der Waals surface area (Å²) in [6.07, 6.45) is 0. The summed E-state index contributed by atoms with van der Waals surface area (Å²) in [7, 11) is 0. The zero-order valence-electron chi connectivity index (χ0n) is 8.58. The number of benzene rings is 2. The number of rotatable bonds is 2. The number of nitrogen functional groups attached to an aromatic ring is 1. The maximum atomic E-state index is 13.6. The Balaban J connectivity index is 2.38. The van der Waals surface area contributed by atoms with E-state index in [1.165, 1.54) is 12.1 Å². The molecule has 2 nitrogen and oxygen atoms in total. The lowest BCUT2D eigenvalue weighted by molar-refractivity contribution is 0.444. The third kappa shape index (κ3) is 2.70. The van der Waals surface area contributed by atoms with Crippen molar-refractivity contribution in [3.63, 3.8) is 0 Å². The molecule has 0 heterocycles. The van der Waals surface area contributed by atoms with Gasteiger partial charge >= 0.3 is 0 Å². The minimum Gasteiger partial charge on any atom is -0.452 e. The fraction of sp³-hybridized carbons (Fsp3) is 0. The van der Waals surface area contributed by atoms with E-state index in [1.807, 2.05) is 0 Å².